The van der Waals surface area contributed by atoms with E-state index in [9.17, 15) is 4.79 Å². The van der Waals surface area contributed by atoms with Crippen LogP contribution in [0, 0.1) is 6.92 Å². The number of likely N-dealkylation sites (N-methyl/N-ethyl adjacent to an activating group) is 1. The average Bonchev–Trinajstić information content (AvgIpc) is 3.20. The van der Waals surface area contributed by atoms with Crippen LogP contribution in [-0.4, -0.2) is 81.0 Å². The molecule has 150 valence electrons. The minimum Gasteiger partial charge on any atom is -0.480 e. The minimum atomic E-state index is -0.0910. The van der Waals surface area contributed by atoms with Crippen molar-refractivity contribution in [2.24, 2.45) is 0 Å². The molecule has 9 nitrogen and oxygen atoms in total. The Bertz CT molecular complexity index is 991. The largest absolute Gasteiger partial charge is 0.480 e. The Morgan fingerprint density at radius 2 is 1.86 bits per heavy atom. The standard InChI is InChI=1S/C20H23N7O2/c1-14-4-5-15(21-13-14)17-12-16(20(28)26-10-8-25(2)9-11-26)24-27(17)18-6-7-19(29-3)23-22-18/h4-7,12-13H,8-11H2,1-3H3. The fourth-order valence-corrected chi connectivity index (χ4v) is 3.17. The summed E-state index contributed by atoms with van der Waals surface area (Å²) in [5.41, 5.74) is 2.81. The van der Waals surface area contributed by atoms with Crippen LogP contribution >= 0.6 is 0 Å². The van der Waals surface area contributed by atoms with Gasteiger partial charge in [-0.25, -0.2) is 4.68 Å². The molecule has 4 rings (SSSR count). The third-order valence-corrected chi connectivity index (χ3v) is 4.94. The topological polar surface area (TPSA) is 89.3 Å². The summed E-state index contributed by atoms with van der Waals surface area (Å²) in [6, 6.07) is 9.11. The van der Waals surface area contributed by atoms with Crippen LogP contribution in [0.3, 0.4) is 0 Å². The number of amides is 1. The predicted molar refractivity (Wildman–Crippen MR) is 107 cm³/mol. The van der Waals surface area contributed by atoms with Gasteiger partial charge in [0, 0.05) is 38.4 Å². The number of piperazine rings is 1. The second-order valence-corrected chi connectivity index (χ2v) is 7.08. The molecule has 0 atom stereocenters. The number of ether oxygens (including phenoxy) is 1. The first-order valence-corrected chi connectivity index (χ1v) is 9.44. The summed E-state index contributed by atoms with van der Waals surface area (Å²) in [5.74, 6) is 0.803. The molecule has 29 heavy (non-hydrogen) atoms. The number of hydrogen-bond donors (Lipinski definition) is 0. The highest BCUT2D eigenvalue weighted by Crippen LogP contribution is 2.23. The van der Waals surface area contributed by atoms with Gasteiger partial charge in [0.05, 0.1) is 18.5 Å². The molecule has 0 bridgehead atoms. The Morgan fingerprint density at radius 1 is 1.07 bits per heavy atom. The molecule has 1 aliphatic rings. The van der Waals surface area contributed by atoms with E-state index in [4.69, 9.17) is 4.74 Å². The molecule has 0 unspecified atom stereocenters. The summed E-state index contributed by atoms with van der Waals surface area (Å²) >= 11 is 0. The summed E-state index contributed by atoms with van der Waals surface area (Å²) in [6.45, 7) is 5.04. The number of pyridine rings is 1. The van der Waals surface area contributed by atoms with E-state index in [0.717, 1.165) is 18.7 Å². The molecule has 0 aliphatic carbocycles. The Hall–Kier alpha value is -3.33. The van der Waals surface area contributed by atoms with Crippen LogP contribution in [0.5, 0.6) is 5.88 Å². The molecular formula is C20H23N7O2. The van der Waals surface area contributed by atoms with Gasteiger partial charge in [0.25, 0.3) is 5.91 Å². The van der Waals surface area contributed by atoms with Gasteiger partial charge in [-0.1, -0.05) is 6.07 Å². The van der Waals surface area contributed by atoms with E-state index in [1.54, 1.807) is 29.1 Å². The monoisotopic (exact) mass is 393 g/mol. The lowest BCUT2D eigenvalue weighted by Gasteiger charge is -2.31. The Morgan fingerprint density at radius 3 is 2.48 bits per heavy atom. The maximum atomic E-state index is 13.0. The van der Waals surface area contributed by atoms with Crippen LogP contribution in [-0.2, 0) is 0 Å². The van der Waals surface area contributed by atoms with Gasteiger partial charge < -0.3 is 14.5 Å². The molecule has 9 heteroatoms. The summed E-state index contributed by atoms with van der Waals surface area (Å²) in [5, 5.41) is 12.8. The quantitative estimate of drug-likeness (QED) is 0.662. The zero-order valence-electron chi connectivity index (χ0n) is 16.7. The molecule has 0 saturated carbocycles. The lowest BCUT2D eigenvalue weighted by Crippen LogP contribution is -2.47. The van der Waals surface area contributed by atoms with E-state index in [2.05, 4.69) is 32.2 Å². The molecule has 4 heterocycles. The van der Waals surface area contributed by atoms with Gasteiger partial charge in [-0.2, -0.15) is 5.10 Å². The number of aromatic nitrogens is 5. The zero-order valence-corrected chi connectivity index (χ0v) is 16.7. The van der Waals surface area contributed by atoms with Gasteiger partial charge in [0.2, 0.25) is 5.88 Å². The Kier molecular flexibility index (Phi) is 5.22. The van der Waals surface area contributed by atoms with Crippen molar-refractivity contribution in [3.05, 3.63) is 47.8 Å². The van der Waals surface area contributed by atoms with Gasteiger partial charge in [-0.3, -0.25) is 9.78 Å². The smallest absolute Gasteiger partial charge is 0.274 e. The lowest BCUT2D eigenvalue weighted by molar-refractivity contribution is 0.0657. The molecule has 1 fully saturated rings. The van der Waals surface area contributed by atoms with Crippen molar-refractivity contribution in [3.8, 4) is 23.1 Å². The molecule has 0 radical (unpaired) electrons. The van der Waals surface area contributed by atoms with E-state index in [-0.39, 0.29) is 5.91 Å². The Labute approximate surface area is 168 Å². The van der Waals surface area contributed by atoms with Crippen molar-refractivity contribution in [1.29, 1.82) is 0 Å². The normalized spacial score (nSPS) is 14.8. The molecule has 0 N–H and O–H groups in total. The predicted octanol–water partition coefficient (Wildman–Crippen LogP) is 1.43. The number of rotatable bonds is 4. The molecule has 1 saturated heterocycles. The van der Waals surface area contributed by atoms with Crippen molar-refractivity contribution < 1.29 is 9.53 Å². The molecular weight excluding hydrogens is 370 g/mol. The van der Waals surface area contributed by atoms with Gasteiger partial charge >= 0.3 is 0 Å². The van der Waals surface area contributed by atoms with E-state index >= 15 is 0 Å². The molecule has 1 aliphatic heterocycles. The van der Waals surface area contributed by atoms with E-state index in [1.165, 1.54) is 7.11 Å². The van der Waals surface area contributed by atoms with Crippen molar-refractivity contribution >= 4 is 5.91 Å². The highest BCUT2D eigenvalue weighted by Gasteiger charge is 2.25. The van der Waals surface area contributed by atoms with Gasteiger partial charge in [0.15, 0.2) is 11.5 Å². The van der Waals surface area contributed by atoms with E-state index < -0.39 is 0 Å². The zero-order chi connectivity index (χ0) is 20.4. The number of hydrogen-bond acceptors (Lipinski definition) is 7. The third-order valence-electron chi connectivity index (χ3n) is 4.94. The summed E-state index contributed by atoms with van der Waals surface area (Å²) < 4.78 is 6.69. The van der Waals surface area contributed by atoms with E-state index in [1.807, 2.05) is 24.0 Å². The Balaban J connectivity index is 1.73. The third kappa shape index (κ3) is 3.95. The SMILES string of the molecule is COc1ccc(-n2nc(C(=O)N3CCN(C)CC3)cc2-c2ccc(C)cn2)nn1. The molecule has 0 aromatic carbocycles. The molecule has 3 aromatic heterocycles. The van der Waals surface area contributed by atoms with E-state index in [0.29, 0.717) is 41.9 Å². The van der Waals surface area contributed by atoms with Crippen LogP contribution < -0.4 is 4.74 Å². The summed E-state index contributed by atoms with van der Waals surface area (Å²) in [7, 11) is 3.59. The van der Waals surface area contributed by atoms with Crippen LogP contribution in [0.15, 0.2) is 36.5 Å². The number of carbonyl (C=O) groups is 1. The van der Waals surface area contributed by atoms with Crippen molar-refractivity contribution in [3.63, 3.8) is 0 Å². The number of aryl methyl sites for hydroxylation is 1. The average molecular weight is 393 g/mol. The minimum absolute atomic E-state index is 0.0910. The maximum absolute atomic E-state index is 13.0. The van der Waals surface area contributed by atoms with Gasteiger partial charge in [0.1, 0.15) is 0 Å². The van der Waals surface area contributed by atoms with Crippen LogP contribution in [0.2, 0.25) is 0 Å². The van der Waals surface area contributed by atoms with Crippen molar-refractivity contribution in [2.45, 2.75) is 6.92 Å². The fraction of sp³-hybridized carbons (Fsp3) is 0.350. The van der Waals surface area contributed by atoms with Gasteiger partial charge in [-0.15, -0.1) is 10.2 Å². The molecule has 3 aromatic rings. The second-order valence-electron chi connectivity index (χ2n) is 7.08. The lowest BCUT2D eigenvalue weighted by atomic mass is 10.2. The first-order chi connectivity index (χ1) is 14.0. The fourth-order valence-electron chi connectivity index (χ4n) is 3.17. The molecule has 1 amide bonds. The second kappa shape index (κ2) is 7.96. The van der Waals surface area contributed by atoms with Crippen molar-refractivity contribution in [1.82, 2.24) is 34.8 Å². The first-order valence-electron chi connectivity index (χ1n) is 9.44. The van der Waals surface area contributed by atoms with Crippen molar-refractivity contribution in [2.75, 3.05) is 40.3 Å². The maximum Gasteiger partial charge on any atom is 0.274 e. The highest BCUT2D eigenvalue weighted by atomic mass is 16.5. The van der Waals surface area contributed by atoms with Crippen LogP contribution in [0.25, 0.3) is 17.2 Å². The number of methoxy groups -OCH3 is 1. The number of nitrogens with zero attached hydrogens (tertiary/aromatic N) is 7. The molecule has 0 spiro atoms. The summed E-state index contributed by atoms with van der Waals surface area (Å²) in [6.07, 6.45) is 1.79. The van der Waals surface area contributed by atoms with Gasteiger partial charge in [-0.05, 0) is 37.7 Å². The summed E-state index contributed by atoms with van der Waals surface area (Å²) in [4.78, 5) is 21.6. The van der Waals surface area contributed by atoms with Crippen LogP contribution in [0.4, 0.5) is 0 Å². The van der Waals surface area contributed by atoms with Crippen LogP contribution in [0.1, 0.15) is 16.1 Å². The first kappa shape index (κ1) is 19.0. The number of carbonyl (C=O) groups excluding carboxylic acids is 1. The highest BCUT2D eigenvalue weighted by molar-refractivity contribution is 5.93.